The van der Waals surface area contributed by atoms with Crippen molar-refractivity contribution in [1.82, 2.24) is 14.9 Å². The maximum Gasteiger partial charge on any atom is 0.241 e. The van der Waals surface area contributed by atoms with Crippen LogP contribution in [0.1, 0.15) is 30.4 Å². The van der Waals surface area contributed by atoms with E-state index in [-0.39, 0.29) is 24.4 Å². The Morgan fingerprint density at radius 3 is 2.91 bits per heavy atom. The van der Waals surface area contributed by atoms with E-state index in [1.807, 2.05) is 30.0 Å². The molecule has 1 aromatic heterocycles. The highest BCUT2D eigenvalue weighted by atomic mass is 35.5. The molecule has 3 aliphatic rings. The lowest BCUT2D eigenvalue weighted by atomic mass is 9.92. The first-order valence-electron chi connectivity index (χ1n) is 11.2. The Morgan fingerprint density at radius 2 is 2.06 bits per heavy atom. The second-order valence-electron chi connectivity index (χ2n) is 8.88. The Kier molecular flexibility index (Phi) is 5.63. The second-order valence-corrected chi connectivity index (χ2v) is 9.32. The fourth-order valence-corrected chi connectivity index (χ4v) is 5.47. The van der Waals surface area contributed by atoms with Gasteiger partial charge in [-0.2, -0.15) is 0 Å². The molecule has 4 heterocycles. The number of aromatic nitrogens is 2. The van der Waals surface area contributed by atoms with Gasteiger partial charge in [0.15, 0.2) is 0 Å². The molecule has 2 fully saturated rings. The standard InChI is InChI=1S/C23H27ClN6O2/c1-14-8-16(24)10-17(9-14)25-11-21(32)29-6-4-15-5-7-30(19(15)12-29)23-18-2-3-20(31)28-22(18)26-13-27-23/h8-10,13,15,19,25H,2-7,11-12H2,1H3,(H,26,27,28,31). The number of anilines is 3. The van der Waals surface area contributed by atoms with E-state index < -0.39 is 0 Å². The molecule has 2 N–H and O–H groups in total. The van der Waals surface area contributed by atoms with Crippen molar-refractivity contribution >= 4 is 40.7 Å². The lowest BCUT2D eigenvalue weighted by molar-refractivity contribution is -0.130. The van der Waals surface area contributed by atoms with Crippen LogP contribution >= 0.6 is 11.6 Å². The van der Waals surface area contributed by atoms with Gasteiger partial charge in [-0.05, 0) is 55.9 Å². The van der Waals surface area contributed by atoms with E-state index in [9.17, 15) is 9.59 Å². The largest absolute Gasteiger partial charge is 0.376 e. The molecule has 3 aliphatic heterocycles. The Balaban J connectivity index is 1.28. The number of hydrogen-bond acceptors (Lipinski definition) is 6. The number of benzene rings is 1. The van der Waals surface area contributed by atoms with Crippen LogP contribution in [-0.4, -0.2) is 58.9 Å². The van der Waals surface area contributed by atoms with E-state index in [1.165, 1.54) is 6.33 Å². The zero-order valence-corrected chi connectivity index (χ0v) is 18.9. The molecule has 2 saturated heterocycles. The molecule has 9 heteroatoms. The minimum Gasteiger partial charge on any atom is -0.376 e. The van der Waals surface area contributed by atoms with E-state index in [4.69, 9.17) is 11.6 Å². The molecule has 32 heavy (non-hydrogen) atoms. The number of likely N-dealkylation sites (tertiary alicyclic amines) is 1. The maximum absolute atomic E-state index is 13.0. The molecule has 168 valence electrons. The summed E-state index contributed by atoms with van der Waals surface area (Å²) >= 11 is 6.13. The Bertz CT molecular complexity index is 1040. The monoisotopic (exact) mass is 454 g/mol. The van der Waals surface area contributed by atoms with Crippen molar-refractivity contribution in [3.05, 3.63) is 40.7 Å². The number of fused-ring (bicyclic) bond motifs is 2. The number of carbonyl (C=O) groups is 2. The van der Waals surface area contributed by atoms with Crippen LogP contribution in [0.15, 0.2) is 24.5 Å². The van der Waals surface area contributed by atoms with Crippen LogP contribution in [0.2, 0.25) is 5.02 Å². The lowest BCUT2D eigenvalue weighted by Crippen LogP contribution is -2.51. The molecule has 5 rings (SSSR count). The van der Waals surface area contributed by atoms with Crippen LogP contribution in [0.5, 0.6) is 0 Å². The number of halogens is 1. The number of hydrogen-bond donors (Lipinski definition) is 2. The number of carbonyl (C=O) groups excluding carboxylic acids is 2. The van der Waals surface area contributed by atoms with Crippen LogP contribution in [0, 0.1) is 12.8 Å². The van der Waals surface area contributed by atoms with Gasteiger partial charge in [-0.3, -0.25) is 9.59 Å². The second kappa shape index (κ2) is 8.58. The summed E-state index contributed by atoms with van der Waals surface area (Å²) in [4.78, 5) is 37.9. The molecule has 0 bridgehead atoms. The molecule has 0 radical (unpaired) electrons. The normalized spacial score (nSPS) is 22.2. The molecule has 1 aromatic carbocycles. The summed E-state index contributed by atoms with van der Waals surface area (Å²) in [5.74, 6) is 2.17. The van der Waals surface area contributed by atoms with Crippen molar-refractivity contribution in [2.75, 3.05) is 41.7 Å². The van der Waals surface area contributed by atoms with Gasteiger partial charge in [0.25, 0.3) is 0 Å². The fraction of sp³-hybridized carbons (Fsp3) is 0.478. The van der Waals surface area contributed by atoms with E-state index in [0.717, 1.165) is 48.6 Å². The Morgan fingerprint density at radius 1 is 1.22 bits per heavy atom. The highest BCUT2D eigenvalue weighted by Crippen LogP contribution is 2.38. The van der Waals surface area contributed by atoms with Crippen LogP contribution < -0.4 is 15.5 Å². The first-order valence-corrected chi connectivity index (χ1v) is 11.5. The van der Waals surface area contributed by atoms with Gasteiger partial charge in [-0.15, -0.1) is 0 Å². The summed E-state index contributed by atoms with van der Waals surface area (Å²) in [6.45, 7) is 4.60. The van der Waals surface area contributed by atoms with Gasteiger partial charge >= 0.3 is 0 Å². The molecule has 0 spiro atoms. The molecule has 2 amide bonds. The zero-order valence-electron chi connectivity index (χ0n) is 18.1. The van der Waals surface area contributed by atoms with Crippen molar-refractivity contribution in [2.45, 2.75) is 38.6 Å². The van der Waals surface area contributed by atoms with Gasteiger partial charge in [0.1, 0.15) is 18.0 Å². The van der Waals surface area contributed by atoms with Gasteiger partial charge in [0.2, 0.25) is 11.8 Å². The summed E-state index contributed by atoms with van der Waals surface area (Å²) in [7, 11) is 0. The van der Waals surface area contributed by atoms with Crippen molar-refractivity contribution < 1.29 is 9.59 Å². The summed E-state index contributed by atoms with van der Waals surface area (Å²) < 4.78 is 0. The Hall–Kier alpha value is -2.87. The van der Waals surface area contributed by atoms with E-state index >= 15 is 0 Å². The van der Waals surface area contributed by atoms with Gasteiger partial charge in [-0.25, -0.2) is 9.97 Å². The Labute approximate surface area is 192 Å². The van der Waals surface area contributed by atoms with Crippen LogP contribution in [0.25, 0.3) is 0 Å². The summed E-state index contributed by atoms with van der Waals surface area (Å²) in [6, 6.07) is 5.95. The predicted molar refractivity (Wildman–Crippen MR) is 124 cm³/mol. The quantitative estimate of drug-likeness (QED) is 0.738. The first-order chi connectivity index (χ1) is 15.5. The third kappa shape index (κ3) is 4.11. The minimum absolute atomic E-state index is 0.00159. The number of nitrogens with one attached hydrogen (secondary N) is 2. The zero-order chi connectivity index (χ0) is 22.2. The SMILES string of the molecule is Cc1cc(Cl)cc(NCC(=O)N2CCC3CCN(c4ncnc5c4CCC(=O)N5)C3C2)c1. The number of amides is 2. The average molecular weight is 455 g/mol. The molecular formula is C23H27ClN6O2. The topological polar surface area (TPSA) is 90.5 Å². The van der Waals surface area contributed by atoms with E-state index in [0.29, 0.717) is 36.1 Å². The fourth-order valence-electron chi connectivity index (χ4n) is 5.18. The number of nitrogens with zero attached hydrogens (tertiary/aromatic N) is 4. The smallest absolute Gasteiger partial charge is 0.241 e. The molecule has 0 saturated carbocycles. The third-order valence-electron chi connectivity index (χ3n) is 6.76. The number of aryl methyl sites for hydroxylation is 1. The molecular weight excluding hydrogens is 428 g/mol. The van der Waals surface area contributed by atoms with Crippen molar-refractivity contribution in [3.63, 3.8) is 0 Å². The molecule has 2 atom stereocenters. The molecule has 2 unspecified atom stereocenters. The summed E-state index contributed by atoms with van der Waals surface area (Å²) in [5.41, 5.74) is 2.92. The van der Waals surface area contributed by atoms with Crippen LogP contribution in [0.4, 0.5) is 17.3 Å². The molecule has 0 aliphatic carbocycles. The van der Waals surface area contributed by atoms with Gasteiger partial charge in [-0.1, -0.05) is 11.6 Å². The van der Waals surface area contributed by atoms with Gasteiger partial charge < -0.3 is 20.4 Å². The summed E-state index contributed by atoms with van der Waals surface area (Å²) in [6.07, 6.45) is 4.71. The van der Waals surface area contributed by atoms with Crippen molar-refractivity contribution in [1.29, 1.82) is 0 Å². The first kappa shape index (κ1) is 21.0. The van der Waals surface area contributed by atoms with Crippen LogP contribution in [0.3, 0.4) is 0 Å². The summed E-state index contributed by atoms with van der Waals surface area (Å²) in [5, 5.41) is 6.74. The predicted octanol–water partition coefficient (Wildman–Crippen LogP) is 2.86. The maximum atomic E-state index is 13.0. The van der Waals surface area contributed by atoms with E-state index in [2.05, 4.69) is 25.5 Å². The highest BCUT2D eigenvalue weighted by molar-refractivity contribution is 6.30. The lowest BCUT2D eigenvalue weighted by Gasteiger charge is -2.39. The minimum atomic E-state index is -0.00159. The highest BCUT2D eigenvalue weighted by Gasteiger charge is 2.41. The van der Waals surface area contributed by atoms with Crippen LogP contribution in [-0.2, 0) is 16.0 Å². The van der Waals surface area contributed by atoms with Crippen molar-refractivity contribution in [3.8, 4) is 0 Å². The van der Waals surface area contributed by atoms with Gasteiger partial charge in [0, 0.05) is 42.3 Å². The molecule has 8 nitrogen and oxygen atoms in total. The average Bonchev–Trinajstić information content (AvgIpc) is 3.19. The molecule has 2 aromatic rings. The third-order valence-corrected chi connectivity index (χ3v) is 6.97. The van der Waals surface area contributed by atoms with Gasteiger partial charge in [0.05, 0.1) is 12.6 Å². The number of piperidine rings is 1. The van der Waals surface area contributed by atoms with E-state index in [1.54, 1.807) is 0 Å². The number of rotatable bonds is 4. The van der Waals surface area contributed by atoms with Crippen molar-refractivity contribution in [2.24, 2.45) is 5.92 Å².